The number of likely N-dealkylation sites (tertiary alicyclic amines) is 1. The van der Waals surface area contributed by atoms with E-state index < -0.39 is 0 Å². The molecule has 18 heavy (non-hydrogen) atoms. The van der Waals surface area contributed by atoms with E-state index in [9.17, 15) is 0 Å². The first-order valence-corrected chi connectivity index (χ1v) is 8.18. The van der Waals surface area contributed by atoms with Crippen LogP contribution in [0.3, 0.4) is 0 Å². The molecule has 0 aromatic heterocycles. The largest absolute Gasteiger partial charge is 0.312 e. The molecule has 0 aromatic carbocycles. The fourth-order valence-electron chi connectivity index (χ4n) is 3.52. The summed E-state index contributed by atoms with van der Waals surface area (Å²) in [5, 5.41) is 3.82. The summed E-state index contributed by atoms with van der Waals surface area (Å²) in [6.07, 6.45) is 8.92. The molecule has 0 spiro atoms. The van der Waals surface area contributed by atoms with E-state index in [4.69, 9.17) is 0 Å². The van der Waals surface area contributed by atoms with Crippen molar-refractivity contribution >= 4 is 0 Å². The summed E-state index contributed by atoms with van der Waals surface area (Å²) < 4.78 is 0. The van der Waals surface area contributed by atoms with Crippen LogP contribution in [0.4, 0.5) is 0 Å². The van der Waals surface area contributed by atoms with Gasteiger partial charge in [0.25, 0.3) is 0 Å². The predicted octanol–water partition coefficient (Wildman–Crippen LogP) is 2.89. The highest BCUT2D eigenvalue weighted by molar-refractivity contribution is 4.93. The lowest BCUT2D eigenvalue weighted by Gasteiger charge is -2.39. The Morgan fingerprint density at radius 1 is 1.06 bits per heavy atom. The topological polar surface area (TPSA) is 15.3 Å². The van der Waals surface area contributed by atoms with Gasteiger partial charge in [-0.2, -0.15) is 0 Å². The molecule has 2 atom stereocenters. The molecule has 0 aromatic rings. The second-order valence-electron chi connectivity index (χ2n) is 7.46. The first-order valence-electron chi connectivity index (χ1n) is 8.18. The van der Waals surface area contributed by atoms with E-state index in [1.54, 1.807) is 0 Å². The third-order valence-corrected chi connectivity index (χ3v) is 4.81. The zero-order valence-electron chi connectivity index (χ0n) is 12.2. The van der Waals surface area contributed by atoms with E-state index in [0.29, 0.717) is 0 Å². The molecule has 2 aliphatic carbocycles. The quantitative estimate of drug-likeness (QED) is 0.780. The van der Waals surface area contributed by atoms with Crippen LogP contribution in [0, 0.1) is 17.8 Å². The van der Waals surface area contributed by atoms with Crippen molar-refractivity contribution in [3.63, 3.8) is 0 Å². The molecule has 1 heterocycles. The lowest BCUT2D eigenvalue weighted by molar-refractivity contribution is 0.124. The smallest absolute Gasteiger partial charge is 0.0198 e. The molecule has 3 rings (SSSR count). The maximum absolute atomic E-state index is 3.82. The highest BCUT2D eigenvalue weighted by atomic mass is 15.2. The van der Waals surface area contributed by atoms with Crippen LogP contribution in [0.1, 0.15) is 52.4 Å². The third-order valence-electron chi connectivity index (χ3n) is 4.81. The third kappa shape index (κ3) is 3.71. The SMILES string of the molecule is CC(C)CNC1CC(CC2CC2)CN(C2CC2)C1. The van der Waals surface area contributed by atoms with E-state index in [0.717, 1.165) is 29.8 Å². The van der Waals surface area contributed by atoms with Gasteiger partial charge in [-0.1, -0.05) is 26.7 Å². The number of nitrogens with one attached hydrogen (secondary N) is 1. The van der Waals surface area contributed by atoms with Crippen LogP contribution in [0.5, 0.6) is 0 Å². The van der Waals surface area contributed by atoms with Gasteiger partial charge in [-0.15, -0.1) is 0 Å². The second-order valence-corrected chi connectivity index (χ2v) is 7.46. The van der Waals surface area contributed by atoms with Crippen molar-refractivity contribution in [3.8, 4) is 0 Å². The Kier molecular flexibility index (Phi) is 3.95. The van der Waals surface area contributed by atoms with Crippen molar-refractivity contribution in [2.24, 2.45) is 17.8 Å². The van der Waals surface area contributed by atoms with Crippen molar-refractivity contribution in [1.29, 1.82) is 0 Å². The van der Waals surface area contributed by atoms with Crippen molar-refractivity contribution in [2.75, 3.05) is 19.6 Å². The molecule has 0 bridgehead atoms. The van der Waals surface area contributed by atoms with Crippen LogP contribution in [-0.2, 0) is 0 Å². The summed E-state index contributed by atoms with van der Waals surface area (Å²) >= 11 is 0. The van der Waals surface area contributed by atoms with E-state index in [1.807, 2.05) is 0 Å². The zero-order chi connectivity index (χ0) is 12.5. The standard InChI is InChI=1S/C16H30N2/c1-12(2)9-17-15-8-14(7-13-3-4-13)10-18(11-15)16-5-6-16/h12-17H,3-11H2,1-2H3. The molecule has 2 unspecified atom stereocenters. The average molecular weight is 250 g/mol. The lowest BCUT2D eigenvalue weighted by atomic mass is 9.89. The molecule has 1 N–H and O–H groups in total. The summed E-state index contributed by atoms with van der Waals surface area (Å²) in [7, 11) is 0. The minimum absolute atomic E-state index is 0.769. The maximum Gasteiger partial charge on any atom is 0.0198 e. The van der Waals surface area contributed by atoms with Gasteiger partial charge in [0.05, 0.1) is 0 Å². The Morgan fingerprint density at radius 3 is 2.44 bits per heavy atom. The Balaban J connectivity index is 1.51. The zero-order valence-corrected chi connectivity index (χ0v) is 12.2. The number of rotatable bonds is 6. The number of hydrogen-bond donors (Lipinski definition) is 1. The Hall–Kier alpha value is -0.0800. The van der Waals surface area contributed by atoms with E-state index in [2.05, 4.69) is 24.1 Å². The molecule has 3 fully saturated rings. The van der Waals surface area contributed by atoms with Crippen LogP contribution >= 0.6 is 0 Å². The number of piperidine rings is 1. The van der Waals surface area contributed by atoms with Gasteiger partial charge in [-0.05, 0) is 50.0 Å². The molecule has 2 saturated carbocycles. The lowest BCUT2D eigenvalue weighted by Crippen LogP contribution is -2.50. The molecular formula is C16H30N2. The summed E-state index contributed by atoms with van der Waals surface area (Å²) in [6, 6.07) is 1.72. The Labute approximate surface area is 113 Å². The van der Waals surface area contributed by atoms with Crippen molar-refractivity contribution < 1.29 is 0 Å². The molecule has 0 radical (unpaired) electrons. The molecule has 2 heteroatoms. The minimum Gasteiger partial charge on any atom is -0.312 e. The van der Waals surface area contributed by atoms with Gasteiger partial charge in [0.15, 0.2) is 0 Å². The van der Waals surface area contributed by atoms with Gasteiger partial charge >= 0.3 is 0 Å². The second kappa shape index (κ2) is 5.50. The molecule has 104 valence electrons. The van der Waals surface area contributed by atoms with Gasteiger partial charge in [0, 0.05) is 25.2 Å². The summed E-state index contributed by atoms with van der Waals surface area (Å²) in [5.41, 5.74) is 0. The summed E-state index contributed by atoms with van der Waals surface area (Å²) in [6.45, 7) is 8.55. The molecule has 3 aliphatic rings. The monoisotopic (exact) mass is 250 g/mol. The fraction of sp³-hybridized carbons (Fsp3) is 1.00. The van der Waals surface area contributed by atoms with Crippen LogP contribution in [-0.4, -0.2) is 36.6 Å². The molecule has 0 amide bonds. The summed E-state index contributed by atoms with van der Waals surface area (Å²) in [5.74, 6) is 2.86. The Morgan fingerprint density at radius 2 is 1.83 bits per heavy atom. The van der Waals surface area contributed by atoms with Crippen LogP contribution in [0.15, 0.2) is 0 Å². The van der Waals surface area contributed by atoms with E-state index >= 15 is 0 Å². The molecular weight excluding hydrogens is 220 g/mol. The maximum atomic E-state index is 3.82. The minimum atomic E-state index is 0.769. The molecule has 2 nitrogen and oxygen atoms in total. The Bertz CT molecular complexity index is 268. The normalized spacial score (nSPS) is 34.2. The van der Waals surface area contributed by atoms with Crippen LogP contribution in [0.25, 0.3) is 0 Å². The first kappa shape index (κ1) is 12.9. The molecule has 1 saturated heterocycles. The van der Waals surface area contributed by atoms with Gasteiger partial charge in [-0.25, -0.2) is 0 Å². The predicted molar refractivity (Wildman–Crippen MR) is 76.7 cm³/mol. The first-order chi connectivity index (χ1) is 8.70. The van der Waals surface area contributed by atoms with Crippen LogP contribution in [0.2, 0.25) is 0 Å². The van der Waals surface area contributed by atoms with Gasteiger partial charge in [0.2, 0.25) is 0 Å². The van der Waals surface area contributed by atoms with Gasteiger partial charge in [0.1, 0.15) is 0 Å². The van der Waals surface area contributed by atoms with E-state index in [1.165, 1.54) is 58.2 Å². The van der Waals surface area contributed by atoms with Crippen molar-refractivity contribution in [1.82, 2.24) is 10.2 Å². The fourth-order valence-corrected chi connectivity index (χ4v) is 3.52. The van der Waals surface area contributed by atoms with E-state index in [-0.39, 0.29) is 0 Å². The van der Waals surface area contributed by atoms with Crippen molar-refractivity contribution in [2.45, 2.75) is 64.5 Å². The highest BCUT2D eigenvalue weighted by Crippen LogP contribution is 2.39. The highest BCUT2D eigenvalue weighted by Gasteiger charge is 2.37. The van der Waals surface area contributed by atoms with Crippen LogP contribution < -0.4 is 5.32 Å². The van der Waals surface area contributed by atoms with Gasteiger partial charge in [-0.3, -0.25) is 4.90 Å². The molecule has 1 aliphatic heterocycles. The summed E-state index contributed by atoms with van der Waals surface area (Å²) in [4.78, 5) is 2.80. The van der Waals surface area contributed by atoms with Crippen molar-refractivity contribution in [3.05, 3.63) is 0 Å². The van der Waals surface area contributed by atoms with Gasteiger partial charge < -0.3 is 5.32 Å². The number of nitrogens with zero attached hydrogens (tertiary/aromatic N) is 1. The average Bonchev–Trinajstić information content (AvgIpc) is 3.18. The number of hydrogen-bond acceptors (Lipinski definition) is 2.